The zero-order chi connectivity index (χ0) is 15.6. The third-order valence-corrected chi connectivity index (χ3v) is 4.32. The largest absolute Gasteiger partial charge is 0.545 e. The van der Waals surface area contributed by atoms with Crippen LogP contribution in [0.25, 0.3) is 0 Å². The van der Waals surface area contributed by atoms with E-state index in [1.165, 1.54) is 24.8 Å². The summed E-state index contributed by atoms with van der Waals surface area (Å²) in [7, 11) is 0. The molecule has 5 heteroatoms. The molecule has 110 valence electrons. The maximum atomic E-state index is 11.7. The van der Waals surface area contributed by atoms with Gasteiger partial charge in [0.2, 0.25) is 0 Å². The molecule has 0 spiro atoms. The van der Waals surface area contributed by atoms with Gasteiger partial charge in [0.15, 0.2) is 5.78 Å². The number of carboxylic acids is 1. The van der Waals surface area contributed by atoms with Crippen molar-refractivity contribution in [1.82, 2.24) is 0 Å². The minimum Gasteiger partial charge on any atom is -0.545 e. The normalized spacial score (nSPS) is 10.6. The maximum absolute atomic E-state index is 11.7. The monoisotopic (exact) mass is 303 g/mol. The molecule has 1 heterocycles. The third-order valence-electron chi connectivity index (χ3n) is 3.22. The van der Waals surface area contributed by atoms with Gasteiger partial charge in [-0.1, -0.05) is 18.2 Å². The zero-order valence-corrected chi connectivity index (χ0v) is 12.9. The number of hydrogen-bond donors (Lipinski definition) is 0. The predicted octanol–water partition coefficient (Wildman–Crippen LogP) is 2.75. The van der Waals surface area contributed by atoms with Crippen LogP contribution in [0.3, 0.4) is 0 Å². The first-order valence-electron chi connectivity index (χ1n) is 6.44. The van der Waals surface area contributed by atoms with Crippen LogP contribution in [0.2, 0.25) is 0 Å². The van der Waals surface area contributed by atoms with Crippen molar-refractivity contribution < 1.29 is 19.1 Å². The molecule has 0 N–H and O–H groups in total. The molecule has 21 heavy (non-hydrogen) atoms. The molecule has 0 bridgehead atoms. The van der Waals surface area contributed by atoms with Gasteiger partial charge in [-0.3, -0.25) is 4.79 Å². The Kier molecular flexibility index (Phi) is 4.53. The number of rotatable bonds is 5. The molecule has 0 aliphatic heterocycles. The lowest BCUT2D eigenvalue weighted by atomic mass is 10.1. The SMILES string of the molecule is CC(=O)c1c(C)oc(C)c1CSc1ccccc1C(=O)[O-]. The second-order valence-electron chi connectivity index (χ2n) is 4.70. The number of ketones is 1. The van der Waals surface area contributed by atoms with E-state index < -0.39 is 5.97 Å². The fourth-order valence-electron chi connectivity index (χ4n) is 2.28. The Morgan fingerprint density at radius 1 is 1.19 bits per heavy atom. The van der Waals surface area contributed by atoms with Crippen LogP contribution in [0, 0.1) is 13.8 Å². The van der Waals surface area contributed by atoms with E-state index in [0.717, 1.165) is 5.56 Å². The fraction of sp³-hybridized carbons (Fsp3) is 0.250. The molecule has 0 aliphatic rings. The van der Waals surface area contributed by atoms with E-state index >= 15 is 0 Å². The number of thioether (sulfide) groups is 1. The Hall–Kier alpha value is -2.01. The van der Waals surface area contributed by atoms with Crippen LogP contribution in [0.4, 0.5) is 0 Å². The van der Waals surface area contributed by atoms with Gasteiger partial charge in [0.05, 0.1) is 11.5 Å². The van der Waals surface area contributed by atoms with Gasteiger partial charge in [-0.05, 0) is 26.8 Å². The number of benzene rings is 1. The summed E-state index contributed by atoms with van der Waals surface area (Å²) in [5, 5.41) is 11.1. The molecule has 0 fully saturated rings. The molecule has 0 atom stereocenters. The predicted molar refractivity (Wildman–Crippen MR) is 78.5 cm³/mol. The molecular formula is C16H15O4S-. The number of carbonyl (C=O) groups excluding carboxylic acids is 2. The van der Waals surface area contributed by atoms with Crippen molar-refractivity contribution in [1.29, 1.82) is 0 Å². The van der Waals surface area contributed by atoms with E-state index in [1.807, 2.05) is 0 Å². The van der Waals surface area contributed by atoms with Crippen molar-refractivity contribution in [3.63, 3.8) is 0 Å². The third kappa shape index (κ3) is 3.19. The van der Waals surface area contributed by atoms with Crippen molar-refractivity contribution in [2.75, 3.05) is 0 Å². The van der Waals surface area contributed by atoms with Gasteiger partial charge in [0.25, 0.3) is 0 Å². The lowest BCUT2D eigenvalue weighted by molar-refractivity contribution is -0.255. The van der Waals surface area contributed by atoms with Crippen molar-refractivity contribution in [2.24, 2.45) is 0 Å². The van der Waals surface area contributed by atoms with E-state index in [4.69, 9.17) is 4.42 Å². The van der Waals surface area contributed by atoms with E-state index in [2.05, 4.69) is 0 Å². The topological polar surface area (TPSA) is 70.3 Å². The lowest BCUT2D eigenvalue weighted by Gasteiger charge is -2.09. The molecule has 0 saturated heterocycles. The second-order valence-corrected chi connectivity index (χ2v) is 5.71. The number of Topliss-reactive ketones (excluding diaryl/α,β-unsaturated/α-hetero) is 1. The highest BCUT2D eigenvalue weighted by Crippen LogP contribution is 2.31. The summed E-state index contributed by atoms with van der Waals surface area (Å²) in [6.07, 6.45) is 0. The summed E-state index contributed by atoms with van der Waals surface area (Å²) in [5.74, 6) is 0.514. The van der Waals surface area contributed by atoms with Crippen LogP contribution in [-0.2, 0) is 5.75 Å². The summed E-state index contributed by atoms with van der Waals surface area (Å²) in [5.41, 5.74) is 1.56. The highest BCUT2D eigenvalue weighted by molar-refractivity contribution is 7.98. The summed E-state index contributed by atoms with van der Waals surface area (Å²) >= 11 is 1.35. The van der Waals surface area contributed by atoms with Crippen LogP contribution >= 0.6 is 11.8 Å². The number of hydrogen-bond acceptors (Lipinski definition) is 5. The molecule has 0 radical (unpaired) electrons. The average molecular weight is 303 g/mol. The molecule has 0 amide bonds. The van der Waals surface area contributed by atoms with Crippen molar-refractivity contribution >= 4 is 23.5 Å². The highest BCUT2D eigenvalue weighted by Gasteiger charge is 2.19. The summed E-state index contributed by atoms with van der Waals surface area (Å²) < 4.78 is 5.51. The second kappa shape index (κ2) is 6.18. The minimum atomic E-state index is -1.20. The molecule has 4 nitrogen and oxygen atoms in total. The van der Waals surface area contributed by atoms with Gasteiger partial charge in [-0.2, -0.15) is 0 Å². The molecule has 1 aromatic heterocycles. The smallest absolute Gasteiger partial charge is 0.163 e. The zero-order valence-electron chi connectivity index (χ0n) is 12.1. The quantitative estimate of drug-likeness (QED) is 0.627. The van der Waals surface area contributed by atoms with Crippen LogP contribution in [-0.4, -0.2) is 11.8 Å². The van der Waals surface area contributed by atoms with Crippen LogP contribution < -0.4 is 5.11 Å². The van der Waals surface area contributed by atoms with E-state index in [0.29, 0.717) is 27.7 Å². The first kappa shape index (κ1) is 15.4. The van der Waals surface area contributed by atoms with Crippen molar-refractivity contribution in [3.8, 4) is 0 Å². The summed E-state index contributed by atoms with van der Waals surface area (Å²) in [6.45, 7) is 5.06. The fourth-order valence-corrected chi connectivity index (χ4v) is 3.41. The van der Waals surface area contributed by atoms with Crippen LogP contribution in [0.15, 0.2) is 33.6 Å². The van der Waals surface area contributed by atoms with Crippen molar-refractivity contribution in [3.05, 3.63) is 52.5 Å². The molecule has 2 aromatic rings. The number of carboxylic acid groups (broad SMARTS) is 1. The lowest BCUT2D eigenvalue weighted by Crippen LogP contribution is -2.22. The van der Waals surface area contributed by atoms with Gasteiger partial charge >= 0.3 is 0 Å². The average Bonchev–Trinajstić information content (AvgIpc) is 2.70. The highest BCUT2D eigenvalue weighted by atomic mass is 32.2. The van der Waals surface area contributed by atoms with E-state index in [9.17, 15) is 14.7 Å². The number of carbonyl (C=O) groups is 2. The molecule has 0 unspecified atom stereocenters. The Morgan fingerprint density at radius 3 is 2.48 bits per heavy atom. The number of aryl methyl sites for hydroxylation is 2. The van der Waals surface area contributed by atoms with Gasteiger partial charge < -0.3 is 14.3 Å². The van der Waals surface area contributed by atoms with Gasteiger partial charge in [-0.25, -0.2) is 0 Å². The molecule has 2 rings (SSSR count). The summed E-state index contributed by atoms with van der Waals surface area (Å²) in [4.78, 5) is 23.4. The number of aromatic carboxylic acids is 1. The van der Waals surface area contributed by atoms with Gasteiger partial charge in [0.1, 0.15) is 11.5 Å². The van der Waals surface area contributed by atoms with Gasteiger partial charge in [0, 0.05) is 21.8 Å². The Bertz CT molecular complexity index is 700. The maximum Gasteiger partial charge on any atom is 0.163 e. The first-order chi connectivity index (χ1) is 9.91. The van der Waals surface area contributed by atoms with Gasteiger partial charge in [-0.15, -0.1) is 11.8 Å². The molecule has 1 aromatic carbocycles. The molecule has 0 aliphatic carbocycles. The Labute approximate surface area is 127 Å². The number of furan rings is 1. The standard InChI is InChI=1S/C16H16O4S/c1-9(17)15-11(3)20-10(2)13(15)8-21-14-7-5-4-6-12(14)16(18)19/h4-7H,8H2,1-3H3,(H,18,19)/p-1. The Morgan fingerprint density at radius 2 is 1.86 bits per heavy atom. The van der Waals surface area contributed by atoms with E-state index in [1.54, 1.807) is 32.0 Å². The van der Waals surface area contributed by atoms with Crippen LogP contribution in [0.1, 0.15) is 44.7 Å². The first-order valence-corrected chi connectivity index (χ1v) is 7.43. The van der Waals surface area contributed by atoms with Crippen LogP contribution in [0.5, 0.6) is 0 Å². The molecular weight excluding hydrogens is 288 g/mol. The van der Waals surface area contributed by atoms with E-state index in [-0.39, 0.29) is 11.3 Å². The van der Waals surface area contributed by atoms with Crippen molar-refractivity contribution in [2.45, 2.75) is 31.4 Å². The summed E-state index contributed by atoms with van der Waals surface area (Å²) in [6, 6.07) is 6.67. The minimum absolute atomic E-state index is 0.0480. The molecule has 0 saturated carbocycles. The Balaban J connectivity index is 2.29.